The molecule has 20 heavy (non-hydrogen) atoms. The maximum absolute atomic E-state index is 12.0. The molecule has 110 valence electrons. The van der Waals surface area contributed by atoms with Gasteiger partial charge in [0.05, 0.1) is 18.1 Å². The number of nitrogens with one attached hydrogen (secondary N) is 2. The van der Waals surface area contributed by atoms with Crippen molar-refractivity contribution in [3.8, 4) is 0 Å². The molecule has 1 aliphatic rings. The number of ether oxygens (including phenoxy) is 1. The fourth-order valence-corrected chi connectivity index (χ4v) is 2.82. The molecule has 0 aromatic heterocycles. The van der Waals surface area contributed by atoms with E-state index in [1.165, 1.54) is 12.1 Å². The van der Waals surface area contributed by atoms with Gasteiger partial charge in [-0.05, 0) is 24.6 Å². The third kappa shape index (κ3) is 3.34. The van der Waals surface area contributed by atoms with Crippen molar-refractivity contribution >= 4 is 21.6 Å². The second-order valence-electron chi connectivity index (χ2n) is 4.54. The topological polar surface area (TPSA) is 111 Å². The Kier molecular flexibility index (Phi) is 4.39. The lowest BCUT2D eigenvalue weighted by Gasteiger charge is -2.23. The molecule has 0 bridgehead atoms. The lowest BCUT2D eigenvalue weighted by Crippen LogP contribution is -2.48. The Labute approximate surface area is 117 Å². The minimum absolute atomic E-state index is 0.00292. The van der Waals surface area contributed by atoms with Gasteiger partial charge in [-0.2, -0.15) is 0 Å². The molecule has 1 saturated heterocycles. The summed E-state index contributed by atoms with van der Waals surface area (Å²) in [6, 6.07) is 4.13. The second-order valence-corrected chi connectivity index (χ2v) is 6.07. The molecule has 1 fully saturated rings. The highest BCUT2D eigenvalue weighted by Gasteiger charge is 2.22. The minimum Gasteiger partial charge on any atom is -0.378 e. The van der Waals surface area contributed by atoms with Crippen molar-refractivity contribution in [2.75, 3.05) is 25.1 Å². The quantitative estimate of drug-likeness (QED) is 0.701. The van der Waals surface area contributed by atoms with Gasteiger partial charge in [0.15, 0.2) is 0 Å². The number of hydrogen-bond acceptors (Lipinski definition) is 5. The molecule has 1 heterocycles. The van der Waals surface area contributed by atoms with Crippen molar-refractivity contribution in [2.24, 2.45) is 5.14 Å². The molecule has 4 N–H and O–H groups in total. The van der Waals surface area contributed by atoms with Gasteiger partial charge < -0.3 is 15.4 Å². The third-order valence-corrected chi connectivity index (χ3v) is 4.14. The van der Waals surface area contributed by atoms with Crippen LogP contribution < -0.4 is 15.8 Å². The van der Waals surface area contributed by atoms with Crippen LogP contribution >= 0.6 is 0 Å². The summed E-state index contributed by atoms with van der Waals surface area (Å²) in [5.41, 5.74) is 0.842. The third-order valence-electron chi connectivity index (χ3n) is 3.09. The van der Waals surface area contributed by atoms with E-state index in [0.717, 1.165) is 0 Å². The summed E-state index contributed by atoms with van der Waals surface area (Å²) < 4.78 is 28.1. The predicted molar refractivity (Wildman–Crippen MR) is 73.8 cm³/mol. The zero-order valence-corrected chi connectivity index (χ0v) is 11.9. The summed E-state index contributed by atoms with van der Waals surface area (Å²) in [6.45, 7) is 3.07. The predicted octanol–water partition coefficient (Wildman–Crippen LogP) is -0.431. The number of nitrogens with two attached hydrogens (primary N) is 1. The monoisotopic (exact) mass is 299 g/mol. The number of rotatable bonds is 3. The first kappa shape index (κ1) is 14.9. The molecule has 0 radical (unpaired) electrons. The molecule has 0 spiro atoms. The number of primary sulfonamides is 1. The molecule has 1 aliphatic heterocycles. The van der Waals surface area contributed by atoms with Crippen LogP contribution in [0.5, 0.6) is 0 Å². The lowest BCUT2D eigenvalue weighted by atomic mass is 10.2. The number of sulfonamides is 1. The average molecular weight is 299 g/mol. The minimum atomic E-state index is -3.81. The van der Waals surface area contributed by atoms with Gasteiger partial charge in [-0.3, -0.25) is 4.79 Å². The fourth-order valence-electron chi connectivity index (χ4n) is 2.01. The van der Waals surface area contributed by atoms with Crippen LogP contribution in [0.3, 0.4) is 0 Å². The number of carbonyl (C=O) groups excluding carboxylic acids is 1. The first-order valence-electron chi connectivity index (χ1n) is 6.14. The first-order chi connectivity index (χ1) is 9.39. The van der Waals surface area contributed by atoms with E-state index >= 15 is 0 Å². The standard InChI is InChI=1S/C12H17N3O4S/c1-8-9(3-2-4-11(8)20(13,17)18)15-12(16)10-7-19-6-5-14-10/h2-4,10,14H,5-7H2,1H3,(H,15,16)(H2,13,17,18). The summed E-state index contributed by atoms with van der Waals surface area (Å²) >= 11 is 0. The van der Waals surface area contributed by atoms with Gasteiger partial charge in [0.25, 0.3) is 0 Å². The van der Waals surface area contributed by atoms with Crippen molar-refractivity contribution in [1.29, 1.82) is 0 Å². The molecule has 1 atom stereocenters. The summed E-state index contributed by atoms with van der Waals surface area (Å²) in [4.78, 5) is 12.0. The Balaban J connectivity index is 2.19. The molecular weight excluding hydrogens is 282 g/mol. The van der Waals surface area contributed by atoms with Crippen LogP contribution in [0.25, 0.3) is 0 Å². The summed E-state index contributed by atoms with van der Waals surface area (Å²) in [6.07, 6.45) is 0. The maximum Gasteiger partial charge on any atom is 0.243 e. The second kappa shape index (κ2) is 5.88. The largest absolute Gasteiger partial charge is 0.378 e. The van der Waals surface area contributed by atoms with Gasteiger partial charge in [-0.25, -0.2) is 13.6 Å². The Morgan fingerprint density at radius 3 is 2.85 bits per heavy atom. The van der Waals surface area contributed by atoms with Crippen molar-refractivity contribution in [3.63, 3.8) is 0 Å². The SMILES string of the molecule is Cc1c(NC(=O)C2COCCN2)cccc1S(N)(=O)=O. The zero-order chi connectivity index (χ0) is 14.8. The van der Waals surface area contributed by atoms with Crippen molar-refractivity contribution < 1.29 is 17.9 Å². The Morgan fingerprint density at radius 1 is 1.50 bits per heavy atom. The number of benzene rings is 1. The molecule has 8 heteroatoms. The Bertz CT molecular complexity index is 609. The van der Waals surface area contributed by atoms with E-state index < -0.39 is 16.1 Å². The van der Waals surface area contributed by atoms with Gasteiger partial charge in [-0.1, -0.05) is 6.07 Å². The van der Waals surface area contributed by atoms with Crippen molar-refractivity contribution in [1.82, 2.24) is 5.32 Å². The van der Waals surface area contributed by atoms with E-state index in [0.29, 0.717) is 31.0 Å². The van der Waals surface area contributed by atoms with Crippen LogP contribution in [0.4, 0.5) is 5.69 Å². The lowest BCUT2D eigenvalue weighted by molar-refractivity contribution is -0.120. The van der Waals surface area contributed by atoms with Gasteiger partial charge in [0.1, 0.15) is 6.04 Å². The van der Waals surface area contributed by atoms with Gasteiger partial charge >= 0.3 is 0 Å². The molecule has 1 aromatic rings. The number of carbonyl (C=O) groups is 1. The molecule has 2 rings (SSSR count). The molecule has 7 nitrogen and oxygen atoms in total. The smallest absolute Gasteiger partial charge is 0.243 e. The summed E-state index contributed by atoms with van der Waals surface area (Å²) in [5.74, 6) is -0.264. The molecular formula is C12H17N3O4S. The molecule has 1 amide bonds. The Hall–Kier alpha value is -1.48. The molecule has 0 aliphatic carbocycles. The molecule has 1 aromatic carbocycles. The van der Waals surface area contributed by atoms with Crippen LogP contribution in [0.1, 0.15) is 5.56 Å². The van der Waals surface area contributed by atoms with E-state index in [4.69, 9.17) is 9.88 Å². The normalized spacial score (nSPS) is 19.6. The average Bonchev–Trinajstić information content (AvgIpc) is 2.40. The van der Waals surface area contributed by atoms with Crippen molar-refractivity contribution in [3.05, 3.63) is 23.8 Å². The van der Waals surface area contributed by atoms with Crippen molar-refractivity contribution in [2.45, 2.75) is 17.9 Å². The van der Waals surface area contributed by atoms with E-state index in [9.17, 15) is 13.2 Å². The highest BCUT2D eigenvalue weighted by atomic mass is 32.2. The van der Waals surface area contributed by atoms with Gasteiger partial charge in [-0.15, -0.1) is 0 Å². The first-order valence-corrected chi connectivity index (χ1v) is 7.68. The molecule has 0 saturated carbocycles. The number of anilines is 1. The van der Waals surface area contributed by atoms with E-state index in [2.05, 4.69) is 10.6 Å². The zero-order valence-electron chi connectivity index (χ0n) is 11.0. The number of morpholine rings is 1. The summed E-state index contributed by atoms with van der Waals surface area (Å²) in [5, 5.41) is 10.8. The maximum atomic E-state index is 12.0. The van der Waals surface area contributed by atoms with Gasteiger partial charge in [0.2, 0.25) is 15.9 Å². The highest BCUT2D eigenvalue weighted by Crippen LogP contribution is 2.22. The van der Waals surface area contributed by atoms with Crippen LogP contribution in [0.15, 0.2) is 23.1 Å². The van der Waals surface area contributed by atoms with Crippen LogP contribution in [-0.4, -0.2) is 40.1 Å². The molecule has 1 unspecified atom stereocenters. The number of amides is 1. The fraction of sp³-hybridized carbons (Fsp3) is 0.417. The van der Waals surface area contributed by atoms with Crippen LogP contribution in [-0.2, 0) is 19.6 Å². The van der Waals surface area contributed by atoms with Crippen LogP contribution in [0, 0.1) is 6.92 Å². The van der Waals surface area contributed by atoms with Gasteiger partial charge in [0, 0.05) is 12.2 Å². The van der Waals surface area contributed by atoms with Crippen LogP contribution in [0.2, 0.25) is 0 Å². The van der Waals surface area contributed by atoms with E-state index in [1.807, 2.05) is 0 Å². The van der Waals surface area contributed by atoms with E-state index in [1.54, 1.807) is 13.0 Å². The number of hydrogen-bond donors (Lipinski definition) is 3. The Morgan fingerprint density at radius 2 is 2.25 bits per heavy atom. The van der Waals surface area contributed by atoms with E-state index in [-0.39, 0.29) is 10.8 Å². The highest BCUT2D eigenvalue weighted by molar-refractivity contribution is 7.89. The summed E-state index contributed by atoms with van der Waals surface area (Å²) in [7, 11) is -3.81.